The van der Waals surface area contributed by atoms with Crippen molar-refractivity contribution in [3.63, 3.8) is 0 Å². The number of carbonyl (C=O) groups excluding carboxylic acids is 2. The molecule has 3 aromatic carbocycles. The molecule has 0 aliphatic carbocycles. The van der Waals surface area contributed by atoms with E-state index in [2.05, 4.69) is 23.1 Å². The minimum atomic E-state index is -0.00685. The molecule has 0 N–H and O–H groups in total. The zero-order chi connectivity index (χ0) is 27.3. The number of fused-ring (bicyclic) bond motifs is 1. The van der Waals surface area contributed by atoms with Crippen LogP contribution in [0.25, 0.3) is 20.5 Å². The van der Waals surface area contributed by atoms with E-state index in [1.165, 1.54) is 25.9 Å². The molecule has 206 valence electrons. The predicted octanol–water partition coefficient (Wildman–Crippen LogP) is 6.28. The summed E-state index contributed by atoms with van der Waals surface area (Å²) in [5.41, 5.74) is 2.35. The molecular weight excluding hydrogens is 520 g/mol. The molecule has 6 rings (SSSR count). The van der Waals surface area contributed by atoms with Crippen LogP contribution in [0.5, 0.6) is 11.5 Å². The third-order valence-corrected chi connectivity index (χ3v) is 8.95. The number of likely N-dealkylation sites (tertiary alicyclic amines) is 2. The van der Waals surface area contributed by atoms with Crippen molar-refractivity contribution in [2.24, 2.45) is 0 Å². The molecule has 0 atom stereocenters. The average Bonchev–Trinajstić information content (AvgIpc) is 3.74. The summed E-state index contributed by atoms with van der Waals surface area (Å²) in [6.45, 7) is 5.81. The Hall–Kier alpha value is -3.68. The number of hydrogen-bond donors (Lipinski definition) is 0. The van der Waals surface area contributed by atoms with Crippen molar-refractivity contribution in [1.82, 2.24) is 9.80 Å². The molecule has 6 nitrogen and oxygen atoms in total. The van der Waals surface area contributed by atoms with Crippen LogP contribution in [0.2, 0.25) is 0 Å². The van der Waals surface area contributed by atoms with Crippen molar-refractivity contribution in [3.8, 4) is 21.9 Å². The summed E-state index contributed by atoms with van der Waals surface area (Å²) in [5, 5.41) is 0.967. The number of nitrogens with zero attached hydrogens (tertiary/aromatic N) is 2. The first-order valence-electron chi connectivity index (χ1n) is 14.2. The minimum Gasteiger partial charge on any atom is -0.492 e. The molecule has 2 saturated heterocycles. The van der Waals surface area contributed by atoms with Gasteiger partial charge >= 0.3 is 0 Å². The van der Waals surface area contributed by atoms with Gasteiger partial charge in [0.2, 0.25) is 5.91 Å². The van der Waals surface area contributed by atoms with Crippen LogP contribution in [0, 0.1) is 0 Å². The summed E-state index contributed by atoms with van der Waals surface area (Å²) in [7, 11) is 0. The zero-order valence-corrected chi connectivity index (χ0v) is 23.5. The molecule has 0 radical (unpaired) electrons. The van der Waals surface area contributed by atoms with E-state index in [0.717, 1.165) is 51.4 Å². The van der Waals surface area contributed by atoms with Crippen LogP contribution in [0.4, 0.5) is 0 Å². The van der Waals surface area contributed by atoms with Gasteiger partial charge in [0, 0.05) is 45.6 Å². The Morgan fingerprint density at radius 3 is 2.15 bits per heavy atom. The fraction of sp³-hybridized carbons (Fsp3) is 0.333. The second-order valence-corrected chi connectivity index (χ2v) is 11.5. The molecule has 0 saturated carbocycles. The quantitative estimate of drug-likeness (QED) is 0.204. The van der Waals surface area contributed by atoms with E-state index in [0.29, 0.717) is 37.5 Å². The summed E-state index contributed by atoms with van der Waals surface area (Å²) in [4.78, 5) is 30.9. The molecule has 3 heterocycles. The molecule has 0 unspecified atom stereocenters. The normalized spacial score (nSPS) is 15.7. The number of ketones is 1. The van der Waals surface area contributed by atoms with Crippen LogP contribution >= 0.6 is 11.3 Å². The Morgan fingerprint density at radius 1 is 0.775 bits per heavy atom. The number of rotatable bonds is 11. The standard InChI is InChI=1S/C33H34N2O4S/c36-30-8-5-19-35(30)21-23-39-26-13-9-24(10-14-26)32(37)31-28-6-1-2-7-29(28)40-33(31)25-11-15-27(16-12-25)38-22-20-34-17-3-4-18-34/h1-2,6-7,9-16H,3-5,8,17-23H2. The Labute approximate surface area is 239 Å². The Bertz CT molecular complexity index is 1470. The number of hydrogen-bond acceptors (Lipinski definition) is 6. The first-order chi connectivity index (χ1) is 19.7. The number of amides is 1. The molecule has 1 aromatic heterocycles. The van der Waals surface area contributed by atoms with Crippen molar-refractivity contribution < 1.29 is 19.1 Å². The number of benzene rings is 3. The molecule has 1 amide bonds. The largest absolute Gasteiger partial charge is 0.492 e. The number of carbonyl (C=O) groups is 2. The zero-order valence-electron chi connectivity index (χ0n) is 22.6. The van der Waals surface area contributed by atoms with Gasteiger partial charge in [-0.05, 0) is 92.5 Å². The Balaban J connectivity index is 1.16. The highest BCUT2D eigenvalue weighted by molar-refractivity contribution is 7.22. The SMILES string of the molecule is O=C(c1ccc(OCCN2CCCC2=O)cc1)c1c(-c2ccc(OCCN3CCCC3)cc2)sc2ccccc12. The smallest absolute Gasteiger partial charge is 0.222 e. The first kappa shape index (κ1) is 26.5. The van der Waals surface area contributed by atoms with Crippen LogP contribution in [0.1, 0.15) is 41.6 Å². The monoisotopic (exact) mass is 554 g/mol. The van der Waals surface area contributed by atoms with Gasteiger partial charge in [-0.15, -0.1) is 11.3 Å². The van der Waals surface area contributed by atoms with E-state index >= 15 is 0 Å². The highest BCUT2D eigenvalue weighted by Gasteiger charge is 2.22. The van der Waals surface area contributed by atoms with Crippen LogP contribution in [-0.4, -0.2) is 67.4 Å². The third kappa shape index (κ3) is 5.91. The maximum absolute atomic E-state index is 13.9. The van der Waals surface area contributed by atoms with E-state index in [1.54, 1.807) is 11.3 Å². The molecule has 0 spiro atoms. The highest BCUT2D eigenvalue weighted by atomic mass is 32.1. The summed E-state index contributed by atoms with van der Waals surface area (Å²) in [5.74, 6) is 1.73. The van der Waals surface area contributed by atoms with Gasteiger partial charge in [0.1, 0.15) is 24.7 Å². The van der Waals surface area contributed by atoms with Crippen LogP contribution in [-0.2, 0) is 4.79 Å². The van der Waals surface area contributed by atoms with Gasteiger partial charge in [0.05, 0.1) is 6.54 Å². The van der Waals surface area contributed by atoms with Gasteiger partial charge in [-0.3, -0.25) is 14.5 Å². The Kier molecular flexibility index (Phi) is 8.11. The minimum absolute atomic E-state index is 0.00685. The van der Waals surface area contributed by atoms with E-state index in [4.69, 9.17) is 9.47 Å². The van der Waals surface area contributed by atoms with E-state index in [9.17, 15) is 9.59 Å². The molecule has 4 aromatic rings. The van der Waals surface area contributed by atoms with Gasteiger partial charge < -0.3 is 14.4 Å². The van der Waals surface area contributed by atoms with Crippen LogP contribution in [0.3, 0.4) is 0 Å². The van der Waals surface area contributed by atoms with Crippen molar-refractivity contribution in [3.05, 3.63) is 83.9 Å². The first-order valence-corrected chi connectivity index (χ1v) is 15.0. The van der Waals surface area contributed by atoms with Crippen molar-refractivity contribution >= 4 is 33.1 Å². The van der Waals surface area contributed by atoms with Crippen molar-refractivity contribution in [1.29, 1.82) is 0 Å². The molecule has 2 fully saturated rings. The molecule has 2 aliphatic heterocycles. The lowest BCUT2D eigenvalue weighted by atomic mass is 9.97. The lowest BCUT2D eigenvalue weighted by molar-refractivity contribution is -0.128. The van der Waals surface area contributed by atoms with Gasteiger partial charge in [-0.1, -0.05) is 18.2 Å². The van der Waals surface area contributed by atoms with Crippen LogP contribution < -0.4 is 9.47 Å². The molecule has 40 heavy (non-hydrogen) atoms. The summed E-state index contributed by atoms with van der Waals surface area (Å²) < 4.78 is 12.9. The predicted molar refractivity (Wildman–Crippen MR) is 160 cm³/mol. The average molecular weight is 555 g/mol. The molecule has 0 bridgehead atoms. The fourth-order valence-electron chi connectivity index (χ4n) is 5.54. The molecule has 7 heteroatoms. The van der Waals surface area contributed by atoms with Gasteiger partial charge in [0.15, 0.2) is 5.78 Å². The van der Waals surface area contributed by atoms with Gasteiger partial charge in [-0.25, -0.2) is 0 Å². The molecular formula is C33H34N2O4S. The molecule has 2 aliphatic rings. The number of thiophene rings is 1. The van der Waals surface area contributed by atoms with Gasteiger partial charge in [0.25, 0.3) is 0 Å². The van der Waals surface area contributed by atoms with E-state index in [-0.39, 0.29) is 11.7 Å². The van der Waals surface area contributed by atoms with Crippen molar-refractivity contribution in [2.75, 3.05) is 45.9 Å². The Morgan fingerprint density at radius 2 is 1.45 bits per heavy atom. The van der Waals surface area contributed by atoms with Crippen molar-refractivity contribution in [2.45, 2.75) is 25.7 Å². The number of ether oxygens (including phenoxy) is 2. The topological polar surface area (TPSA) is 59.1 Å². The van der Waals surface area contributed by atoms with E-state index in [1.807, 2.05) is 59.5 Å². The lowest BCUT2D eigenvalue weighted by Crippen LogP contribution is -2.29. The maximum atomic E-state index is 13.9. The van der Waals surface area contributed by atoms with Gasteiger partial charge in [-0.2, -0.15) is 0 Å². The highest BCUT2D eigenvalue weighted by Crippen LogP contribution is 2.40. The second kappa shape index (κ2) is 12.2. The summed E-state index contributed by atoms with van der Waals surface area (Å²) in [6.07, 6.45) is 4.12. The van der Waals surface area contributed by atoms with E-state index < -0.39 is 0 Å². The van der Waals surface area contributed by atoms with Crippen LogP contribution in [0.15, 0.2) is 72.8 Å². The fourth-order valence-corrected chi connectivity index (χ4v) is 6.74. The second-order valence-electron chi connectivity index (χ2n) is 10.4. The maximum Gasteiger partial charge on any atom is 0.222 e. The summed E-state index contributed by atoms with van der Waals surface area (Å²) in [6, 6.07) is 23.5. The lowest BCUT2D eigenvalue weighted by Gasteiger charge is -2.15. The summed E-state index contributed by atoms with van der Waals surface area (Å²) >= 11 is 1.64. The third-order valence-electron chi connectivity index (χ3n) is 7.73.